The number of carbonyl (C=O) groups is 1. The third kappa shape index (κ3) is 3.49. The SMILES string of the molecule is Cc1sc(Br)cc1C(=O)C1CCC(C(C)(C)C)CC1. The van der Waals surface area contributed by atoms with Crippen LogP contribution < -0.4 is 0 Å². The Bertz CT molecular complexity index is 462. The van der Waals surface area contributed by atoms with Crippen molar-refractivity contribution >= 4 is 33.0 Å². The summed E-state index contributed by atoms with van der Waals surface area (Å²) in [5, 5.41) is 0. The van der Waals surface area contributed by atoms with Crippen molar-refractivity contribution in [3.05, 3.63) is 20.3 Å². The van der Waals surface area contributed by atoms with Gasteiger partial charge in [-0.1, -0.05) is 20.8 Å². The van der Waals surface area contributed by atoms with Crippen molar-refractivity contribution in [1.29, 1.82) is 0 Å². The molecule has 0 spiro atoms. The Labute approximate surface area is 128 Å². The highest BCUT2D eigenvalue weighted by atomic mass is 79.9. The van der Waals surface area contributed by atoms with Gasteiger partial charge < -0.3 is 0 Å². The summed E-state index contributed by atoms with van der Waals surface area (Å²) in [6, 6.07) is 2.00. The molecule has 1 heterocycles. The Hall–Kier alpha value is -0.150. The van der Waals surface area contributed by atoms with Crippen LogP contribution in [-0.4, -0.2) is 5.78 Å². The lowest BCUT2D eigenvalue weighted by molar-refractivity contribution is 0.0819. The summed E-state index contributed by atoms with van der Waals surface area (Å²) in [6.45, 7) is 9.00. The first kappa shape index (κ1) is 15.2. The van der Waals surface area contributed by atoms with Gasteiger partial charge in [-0.25, -0.2) is 0 Å². The number of carbonyl (C=O) groups excluding carboxylic acids is 1. The lowest BCUT2D eigenvalue weighted by Gasteiger charge is -2.36. The van der Waals surface area contributed by atoms with E-state index in [1.807, 2.05) is 13.0 Å². The second-order valence-corrected chi connectivity index (χ2v) is 9.43. The largest absolute Gasteiger partial charge is 0.294 e. The number of halogens is 1. The normalized spacial score (nSPS) is 24.5. The van der Waals surface area contributed by atoms with Crippen LogP contribution in [-0.2, 0) is 0 Å². The molecule has 0 unspecified atom stereocenters. The van der Waals surface area contributed by atoms with E-state index in [0.717, 1.165) is 33.0 Å². The number of hydrogen-bond donors (Lipinski definition) is 0. The van der Waals surface area contributed by atoms with E-state index in [9.17, 15) is 4.79 Å². The van der Waals surface area contributed by atoms with Gasteiger partial charge >= 0.3 is 0 Å². The van der Waals surface area contributed by atoms with E-state index in [2.05, 4.69) is 36.7 Å². The molecular formula is C16H23BrOS. The molecule has 19 heavy (non-hydrogen) atoms. The number of rotatable bonds is 2. The molecule has 1 fully saturated rings. The zero-order valence-corrected chi connectivity index (χ0v) is 14.7. The molecule has 0 radical (unpaired) electrons. The number of thiophene rings is 1. The highest BCUT2D eigenvalue weighted by molar-refractivity contribution is 9.11. The Balaban J connectivity index is 2.02. The third-order valence-corrected chi connectivity index (χ3v) is 6.03. The first-order valence-electron chi connectivity index (χ1n) is 7.09. The Morgan fingerprint density at radius 2 is 1.84 bits per heavy atom. The summed E-state index contributed by atoms with van der Waals surface area (Å²) in [4.78, 5) is 13.7. The Kier molecular flexibility index (Phi) is 4.56. The van der Waals surface area contributed by atoms with Crippen molar-refractivity contribution < 1.29 is 4.79 Å². The molecule has 0 aliphatic heterocycles. The van der Waals surface area contributed by atoms with Gasteiger partial charge in [0.1, 0.15) is 0 Å². The van der Waals surface area contributed by atoms with Gasteiger partial charge in [-0.15, -0.1) is 11.3 Å². The fourth-order valence-electron chi connectivity index (χ4n) is 3.13. The summed E-state index contributed by atoms with van der Waals surface area (Å²) >= 11 is 5.14. The van der Waals surface area contributed by atoms with Gasteiger partial charge in [0.2, 0.25) is 0 Å². The molecule has 0 aromatic carbocycles. The summed E-state index contributed by atoms with van der Waals surface area (Å²) in [5.74, 6) is 1.39. The minimum Gasteiger partial charge on any atom is -0.294 e. The molecule has 0 bridgehead atoms. The van der Waals surface area contributed by atoms with Crippen LogP contribution in [0.1, 0.15) is 61.7 Å². The van der Waals surface area contributed by atoms with Gasteiger partial charge in [-0.05, 0) is 65.9 Å². The van der Waals surface area contributed by atoms with Crippen molar-refractivity contribution in [3.8, 4) is 0 Å². The van der Waals surface area contributed by atoms with Crippen LogP contribution >= 0.6 is 27.3 Å². The molecule has 1 aromatic heterocycles. The predicted octanol–water partition coefficient (Wildman–Crippen LogP) is 5.85. The molecule has 0 N–H and O–H groups in total. The van der Waals surface area contributed by atoms with Crippen molar-refractivity contribution in [2.45, 2.75) is 53.4 Å². The third-order valence-electron chi connectivity index (χ3n) is 4.48. The van der Waals surface area contributed by atoms with Crippen LogP contribution in [0.5, 0.6) is 0 Å². The van der Waals surface area contributed by atoms with Gasteiger partial charge in [0.25, 0.3) is 0 Å². The Morgan fingerprint density at radius 3 is 2.26 bits per heavy atom. The van der Waals surface area contributed by atoms with Crippen LogP contribution in [0.15, 0.2) is 9.85 Å². The molecule has 1 aromatic rings. The van der Waals surface area contributed by atoms with E-state index in [1.165, 1.54) is 12.8 Å². The number of aryl methyl sites for hydroxylation is 1. The summed E-state index contributed by atoms with van der Waals surface area (Å²) < 4.78 is 1.07. The van der Waals surface area contributed by atoms with Crippen molar-refractivity contribution in [1.82, 2.24) is 0 Å². The van der Waals surface area contributed by atoms with E-state index in [0.29, 0.717) is 11.2 Å². The van der Waals surface area contributed by atoms with E-state index in [4.69, 9.17) is 0 Å². The average Bonchev–Trinajstić information content (AvgIpc) is 2.66. The van der Waals surface area contributed by atoms with E-state index in [1.54, 1.807) is 11.3 Å². The highest BCUT2D eigenvalue weighted by Crippen LogP contribution is 2.41. The lowest BCUT2D eigenvalue weighted by atomic mass is 9.69. The molecule has 0 saturated heterocycles. The Morgan fingerprint density at radius 1 is 1.26 bits per heavy atom. The molecule has 106 valence electrons. The highest BCUT2D eigenvalue weighted by Gasteiger charge is 2.33. The maximum atomic E-state index is 12.6. The van der Waals surface area contributed by atoms with Crippen LogP contribution in [0.4, 0.5) is 0 Å². The number of hydrogen-bond acceptors (Lipinski definition) is 2. The van der Waals surface area contributed by atoms with Crippen LogP contribution in [0.25, 0.3) is 0 Å². The topological polar surface area (TPSA) is 17.1 Å². The van der Waals surface area contributed by atoms with Gasteiger partial charge in [0.05, 0.1) is 3.79 Å². The van der Waals surface area contributed by atoms with E-state index < -0.39 is 0 Å². The van der Waals surface area contributed by atoms with Gasteiger partial charge in [0.15, 0.2) is 5.78 Å². The minimum absolute atomic E-state index is 0.249. The standard InChI is InChI=1S/C16H23BrOS/c1-10-13(9-14(17)19-10)15(18)11-5-7-12(8-6-11)16(2,3)4/h9,11-12H,5-8H2,1-4H3. The average molecular weight is 343 g/mol. The zero-order chi connectivity index (χ0) is 14.2. The summed E-state index contributed by atoms with van der Waals surface area (Å²) in [5.41, 5.74) is 1.33. The quantitative estimate of drug-likeness (QED) is 0.615. The fourth-order valence-corrected chi connectivity index (χ4v) is 4.83. The molecule has 2 rings (SSSR count). The lowest BCUT2D eigenvalue weighted by Crippen LogP contribution is -2.28. The molecule has 3 heteroatoms. The second-order valence-electron chi connectivity index (χ2n) is 6.80. The van der Waals surface area contributed by atoms with Crippen molar-refractivity contribution in [2.75, 3.05) is 0 Å². The predicted molar refractivity (Wildman–Crippen MR) is 86.0 cm³/mol. The van der Waals surface area contributed by atoms with Gasteiger partial charge in [-0.2, -0.15) is 0 Å². The first-order valence-corrected chi connectivity index (χ1v) is 8.70. The summed E-state index contributed by atoms with van der Waals surface area (Å²) in [6.07, 6.45) is 4.52. The molecule has 1 aliphatic rings. The molecule has 1 nitrogen and oxygen atoms in total. The molecule has 1 aliphatic carbocycles. The monoisotopic (exact) mass is 342 g/mol. The maximum absolute atomic E-state index is 12.6. The molecular weight excluding hydrogens is 320 g/mol. The maximum Gasteiger partial charge on any atom is 0.167 e. The van der Waals surface area contributed by atoms with Crippen LogP contribution in [0, 0.1) is 24.2 Å². The van der Waals surface area contributed by atoms with Gasteiger partial charge in [0, 0.05) is 16.4 Å². The fraction of sp³-hybridized carbons (Fsp3) is 0.688. The van der Waals surface area contributed by atoms with E-state index in [-0.39, 0.29) is 5.92 Å². The van der Waals surface area contributed by atoms with Crippen molar-refractivity contribution in [3.63, 3.8) is 0 Å². The van der Waals surface area contributed by atoms with Crippen LogP contribution in [0.2, 0.25) is 0 Å². The first-order chi connectivity index (χ1) is 8.79. The second kappa shape index (κ2) is 5.69. The molecule has 0 amide bonds. The van der Waals surface area contributed by atoms with Gasteiger partial charge in [-0.3, -0.25) is 4.79 Å². The molecule has 0 atom stereocenters. The van der Waals surface area contributed by atoms with E-state index >= 15 is 0 Å². The number of ketones is 1. The zero-order valence-electron chi connectivity index (χ0n) is 12.3. The van der Waals surface area contributed by atoms with Crippen LogP contribution in [0.3, 0.4) is 0 Å². The number of Topliss-reactive ketones (excluding diaryl/α,β-unsaturated/α-hetero) is 1. The smallest absolute Gasteiger partial charge is 0.167 e. The molecule has 1 saturated carbocycles. The summed E-state index contributed by atoms with van der Waals surface area (Å²) in [7, 11) is 0. The van der Waals surface area contributed by atoms with Crippen molar-refractivity contribution in [2.24, 2.45) is 17.3 Å². The minimum atomic E-state index is 0.249.